The molecule has 23 heavy (non-hydrogen) atoms. The van der Waals surface area contributed by atoms with Gasteiger partial charge in [-0.3, -0.25) is 4.79 Å². The number of halogens is 1. The van der Waals surface area contributed by atoms with Crippen molar-refractivity contribution in [3.63, 3.8) is 0 Å². The van der Waals surface area contributed by atoms with E-state index in [-0.39, 0.29) is 12.6 Å². The molecule has 6 nitrogen and oxygen atoms in total. The Morgan fingerprint density at radius 1 is 1.13 bits per heavy atom. The molecule has 1 atom stereocenters. The van der Waals surface area contributed by atoms with E-state index in [9.17, 15) is 14.4 Å². The van der Waals surface area contributed by atoms with E-state index in [0.717, 1.165) is 17.7 Å². The molecule has 0 unspecified atom stereocenters. The van der Waals surface area contributed by atoms with E-state index >= 15 is 0 Å². The molecule has 1 N–H and O–H groups in total. The maximum atomic E-state index is 11.7. The number of esters is 2. The summed E-state index contributed by atoms with van der Waals surface area (Å²) in [6.45, 7) is 3.22. The molecule has 0 bridgehead atoms. The zero-order valence-corrected chi connectivity index (χ0v) is 13.6. The average molecular weight is 340 g/mol. The van der Waals surface area contributed by atoms with Gasteiger partial charge in [-0.2, -0.15) is 0 Å². The molecule has 0 fully saturated rings. The molecular weight excluding hydrogens is 322 g/mol. The van der Waals surface area contributed by atoms with E-state index in [1.165, 1.54) is 0 Å². The molecule has 1 rings (SSSR count). The Kier molecular flexibility index (Phi) is 7.83. The smallest absolute Gasteiger partial charge is 0.331 e. The number of rotatable bonds is 7. The highest BCUT2D eigenvalue weighted by Gasteiger charge is 2.11. The maximum Gasteiger partial charge on any atom is 0.331 e. The first-order chi connectivity index (χ1) is 10.9. The van der Waals surface area contributed by atoms with Crippen LogP contribution in [0.2, 0.25) is 5.02 Å². The van der Waals surface area contributed by atoms with Gasteiger partial charge in [0.15, 0.2) is 6.61 Å². The first-order valence-corrected chi connectivity index (χ1v) is 7.36. The number of hydrogen-bond donors (Lipinski definition) is 1. The third kappa shape index (κ3) is 7.46. The zero-order chi connectivity index (χ0) is 17.2. The molecule has 7 heteroatoms. The van der Waals surface area contributed by atoms with Gasteiger partial charge >= 0.3 is 11.9 Å². The standard InChI is InChI=1S/C16H18ClNO5/c1-3-22-15(20)8-9-16(21)23-10-14(19)18-11(2)12-4-6-13(17)7-5-12/h4-9,11H,3,10H2,1-2H3,(H,18,19)/b9-8+/t11-/m0/s1. The fourth-order valence-electron chi connectivity index (χ4n) is 1.63. The Hall–Kier alpha value is -2.34. The number of nitrogens with one attached hydrogen (secondary N) is 1. The topological polar surface area (TPSA) is 81.7 Å². The van der Waals surface area contributed by atoms with Crippen molar-refractivity contribution < 1.29 is 23.9 Å². The van der Waals surface area contributed by atoms with E-state index in [0.29, 0.717) is 5.02 Å². The van der Waals surface area contributed by atoms with Crippen molar-refractivity contribution in [2.45, 2.75) is 19.9 Å². The molecule has 0 aromatic heterocycles. The summed E-state index contributed by atoms with van der Waals surface area (Å²) in [4.78, 5) is 34.1. The van der Waals surface area contributed by atoms with Gasteiger partial charge in [-0.05, 0) is 31.5 Å². The number of ether oxygens (including phenoxy) is 2. The van der Waals surface area contributed by atoms with Gasteiger partial charge in [0.05, 0.1) is 12.6 Å². The van der Waals surface area contributed by atoms with Gasteiger partial charge in [0.25, 0.3) is 5.91 Å². The highest BCUT2D eigenvalue weighted by Crippen LogP contribution is 2.15. The van der Waals surface area contributed by atoms with Crippen LogP contribution in [0.5, 0.6) is 0 Å². The predicted molar refractivity (Wildman–Crippen MR) is 84.7 cm³/mol. The van der Waals surface area contributed by atoms with E-state index < -0.39 is 24.5 Å². The van der Waals surface area contributed by atoms with Crippen molar-refractivity contribution in [1.29, 1.82) is 0 Å². The molecule has 0 heterocycles. The lowest BCUT2D eigenvalue weighted by atomic mass is 10.1. The largest absolute Gasteiger partial charge is 0.463 e. The van der Waals surface area contributed by atoms with Gasteiger partial charge in [0.1, 0.15) is 0 Å². The lowest BCUT2D eigenvalue weighted by molar-refractivity contribution is -0.144. The molecule has 124 valence electrons. The van der Waals surface area contributed by atoms with Crippen molar-refractivity contribution >= 4 is 29.4 Å². The van der Waals surface area contributed by atoms with Crippen LogP contribution in [0.15, 0.2) is 36.4 Å². The lowest BCUT2D eigenvalue weighted by Gasteiger charge is -2.14. The number of carbonyl (C=O) groups excluding carboxylic acids is 3. The second kappa shape index (κ2) is 9.63. The summed E-state index contributed by atoms with van der Waals surface area (Å²) in [6.07, 6.45) is 1.86. The highest BCUT2D eigenvalue weighted by atomic mass is 35.5. The minimum atomic E-state index is -0.799. The molecule has 0 radical (unpaired) electrons. The molecule has 0 aliphatic carbocycles. The van der Waals surface area contributed by atoms with E-state index in [2.05, 4.69) is 10.1 Å². The van der Waals surface area contributed by atoms with Gasteiger partial charge in [-0.15, -0.1) is 0 Å². The Morgan fingerprint density at radius 2 is 1.70 bits per heavy atom. The molecule has 1 aromatic carbocycles. The van der Waals surface area contributed by atoms with E-state index in [1.807, 2.05) is 0 Å². The van der Waals surface area contributed by atoms with E-state index in [4.69, 9.17) is 16.3 Å². The van der Waals surface area contributed by atoms with Gasteiger partial charge in [0, 0.05) is 17.2 Å². The van der Waals surface area contributed by atoms with Crippen molar-refractivity contribution in [2.75, 3.05) is 13.2 Å². The fraction of sp³-hybridized carbons (Fsp3) is 0.312. The van der Waals surface area contributed by atoms with Crippen LogP contribution in [0, 0.1) is 0 Å². The number of hydrogen-bond acceptors (Lipinski definition) is 5. The number of amides is 1. The maximum absolute atomic E-state index is 11.7. The third-order valence-corrected chi connectivity index (χ3v) is 2.99. The van der Waals surface area contributed by atoms with Crippen LogP contribution in [-0.4, -0.2) is 31.1 Å². The van der Waals surface area contributed by atoms with Crippen LogP contribution < -0.4 is 5.32 Å². The summed E-state index contributed by atoms with van der Waals surface area (Å²) in [5, 5.41) is 3.29. The average Bonchev–Trinajstić information content (AvgIpc) is 2.51. The monoisotopic (exact) mass is 339 g/mol. The first kappa shape index (κ1) is 18.7. The van der Waals surface area contributed by atoms with Crippen molar-refractivity contribution in [3.8, 4) is 0 Å². The normalized spacial score (nSPS) is 11.8. The minimum Gasteiger partial charge on any atom is -0.463 e. The Balaban J connectivity index is 2.37. The van der Waals surface area contributed by atoms with Crippen LogP contribution in [-0.2, 0) is 23.9 Å². The molecule has 1 aromatic rings. The molecule has 0 saturated carbocycles. The summed E-state index contributed by atoms with van der Waals surface area (Å²) in [5.74, 6) is -1.90. The summed E-state index contributed by atoms with van der Waals surface area (Å²) < 4.78 is 9.33. The quantitative estimate of drug-likeness (QED) is 0.608. The Morgan fingerprint density at radius 3 is 2.26 bits per heavy atom. The first-order valence-electron chi connectivity index (χ1n) is 6.98. The predicted octanol–water partition coefficient (Wildman–Crippen LogP) is 2.18. The van der Waals surface area contributed by atoms with Crippen molar-refractivity contribution in [1.82, 2.24) is 5.32 Å². The van der Waals surface area contributed by atoms with Crippen LogP contribution in [0.3, 0.4) is 0 Å². The molecule has 1 amide bonds. The summed E-state index contributed by atoms with van der Waals surface area (Å²) in [7, 11) is 0. The fourth-order valence-corrected chi connectivity index (χ4v) is 1.76. The van der Waals surface area contributed by atoms with Gasteiger partial charge in [-0.1, -0.05) is 23.7 Å². The van der Waals surface area contributed by atoms with Crippen LogP contribution in [0.25, 0.3) is 0 Å². The Labute approximate surface area is 139 Å². The summed E-state index contributed by atoms with van der Waals surface area (Å²) in [5.41, 5.74) is 0.872. The van der Waals surface area contributed by atoms with Gasteiger partial charge in [0.2, 0.25) is 0 Å². The van der Waals surface area contributed by atoms with Crippen LogP contribution in [0.1, 0.15) is 25.5 Å². The molecular formula is C16H18ClNO5. The van der Waals surface area contributed by atoms with Gasteiger partial charge < -0.3 is 14.8 Å². The second-order valence-electron chi connectivity index (χ2n) is 4.53. The van der Waals surface area contributed by atoms with E-state index in [1.54, 1.807) is 38.1 Å². The van der Waals surface area contributed by atoms with Gasteiger partial charge in [-0.25, -0.2) is 9.59 Å². The van der Waals surface area contributed by atoms with Crippen LogP contribution >= 0.6 is 11.6 Å². The molecule has 0 aliphatic heterocycles. The number of carbonyl (C=O) groups is 3. The summed E-state index contributed by atoms with van der Waals surface area (Å²) in [6, 6.07) is 6.77. The molecule has 0 saturated heterocycles. The zero-order valence-electron chi connectivity index (χ0n) is 12.9. The molecule has 0 aliphatic rings. The summed E-state index contributed by atoms with van der Waals surface area (Å²) >= 11 is 5.79. The number of benzene rings is 1. The molecule has 0 spiro atoms. The van der Waals surface area contributed by atoms with Crippen LogP contribution in [0.4, 0.5) is 0 Å². The minimum absolute atomic E-state index is 0.212. The highest BCUT2D eigenvalue weighted by molar-refractivity contribution is 6.30. The van der Waals surface area contributed by atoms with Crippen molar-refractivity contribution in [3.05, 3.63) is 47.0 Å². The third-order valence-electron chi connectivity index (χ3n) is 2.74. The Bertz CT molecular complexity index is 583. The lowest BCUT2D eigenvalue weighted by Crippen LogP contribution is -2.30. The van der Waals surface area contributed by atoms with Crippen molar-refractivity contribution in [2.24, 2.45) is 0 Å². The SMILES string of the molecule is CCOC(=O)/C=C/C(=O)OCC(=O)N[C@@H](C)c1ccc(Cl)cc1. The second-order valence-corrected chi connectivity index (χ2v) is 4.97.